The minimum Gasteiger partial charge on any atom is -0.424 e. The molecule has 1 N–H and O–H groups in total. The molecule has 0 unspecified atom stereocenters. The second kappa shape index (κ2) is 9.29. The van der Waals surface area contributed by atoms with E-state index in [1.165, 1.54) is 19.3 Å². The number of carbonyl (C=O) groups is 1. The van der Waals surface area contributed by atoms with Crippen LogP contribution in [0.1, 0.15) is 73.9 Å². The van der Waals surface area contributed by atoms with Crippen molar-refractivity contribution in [3.63, 3.8) is 0 Å². The minimum absolute atomic E-state index is 0.187. The van der Waals surface area contributed by atoms with Gasteiger partial charge < -0.3 is 9.73 Å². The summed E-state index contributed by atoms with van der Waals surface area (Å²) >= 11 is 0. The number of unbranched alkanes of at least 4 members (excludes halogenated alkanes) is 3. The topological polar surface area (TPSA) is 98.7 Å². The lowest BCUT2D eigenvalue weighted by Gasteiger charge is -2.06. The van der Waals surface area contributed by atoms with Gasteiger partial charge in [-0.3, -0.25) is 4.79 Å². The zero-order valence-electron chi connectivity index (χ0n) is 15.6. The molecule has 0 bridgehead atoms. The predicted octanol–water partition coefficient (Wildman–Crippen LogP) is 2.66. The molecule has 2 aromatic rings. The molecule has 25 heavy (non-hydrogen) atoms. The van der Waals surface area contributed by atoms with Crippen molar-refractivity contribution in [2.75, 3.05) is 6.54 Å². The van der Waals surface area contributed by atoms with Crippen LogP contribution in [0, 0.1) is 19.8 Å². The molecule has 2 rings (SSSR count). The fourth-order valence-electron chi connectivity index (χ4n) is 2.57. The summed E-state index contributed by atoms with van der Waals surface area (Å²) in [5.41, 5.74) is 1.03. The van der Waals surface area contributed by atoms with Crippen LogP contribution in [0.4, 0.5) is 0 Å². The Morgan fingerprint density at radius 2 is 1.88 bits per heavy atom. The summed E-state index contributed by atoms with van der Waals surface area (Å²) < 4.78 is 6.92. The van der Waals surface area contributed by atoms with E-state index in [2.05, 4.69) is 39.7 Å². The molecule has 0 radical (unpaired) electrons. The van der Waals surface area contributed by atoms with Crippen LogP contribution in [0.3, 0.4) is 0 Å². The Kier molecular flexibility index (Phi) is 7.09. The van der Waals surface area contributed by atoms with Crippen LogP contribution in [0.5, 0.6) is 0 Å². The van der Waals surface area contributed by atoms with Crippen molar-refractivity contribution in [3.05, 3.63) is 23.2 Å². The van der Waals surface area contributed by atoms with Gasteiger partial charge in [-0.2, -0.15) is 0 Å². The number of nitrogens with one attached hydrogen (secondary N) is 1. The van der Waals surface area contributed by atoms with E-state index in [1.807, 2.05) is 6.92 Å². The van der Waals surface area contributed by atoms with Gasteiger partial charge in [0.2, 0.25) is 11.8 Å². The second-order valence-electron chi connectivity index (χ2n) is 6.75. The van der Waals surface area contributed by atoms with E-state index in [0.29, 0.717) is 36.3 Å². The van der Waals surface area contributed by atoms with Crippen molar-refractivity contribution in [2.45, 2.75) is 66.3 Å². The Labute approximate surface area is 148 Å². The number of amides is 1. The Hall–Kier alpha value is -2.25. The predicted molar refractivity (Wildman–Crippen MR) is 93.2 cm³/mol. The molecule has 8 heteroatoms. The van der Waals surface area contributed by atoms with Crippen LogP contribution in [0.25, 0.3) is 0 Å². The Balaban J connectivity index is 1.74. The summed E-state index contributed by atoms with van der Waals surface area (Å²) in [7, 11) is 0. The van der Waals surface area contributed by atoms with Crippen molar-refractivity contribution < 1.29 is 9.21 Å². The van der Waals surface area contributed by atoms with E-state index in [9.17, 15) is 4.79 Å². The van der Waals surface area contributed by atoms with Gasteiger partial charge in [-0.25, -0.2) is 4.68 Å². The third kappa shape index (κ3) is 5.95. The summed E-state index contributed by atoms with van der Waals surface area (Å²) in [4.78, 5) is 12.2. The van der Waals surface area contributed by atoms with Crippen molar-refractivity contribution in [3.8, 4) is 0 Å². The molecule has 138 valence electrons. The molecule has 0 aliphatic heterocycles. The lowest BCUT2D eigenvalue weighted by molar-refractivity contribution is 0.0947. The lowest BCUT2D eigenvalue weighted by Crippen LogP contribution is -2.25. The number of aromatic nitrogens is 5. The summed E-state index contributed by atoms with van der Waals surface area (Å²) in [5, 5.41) is 18.6. The Morgan fingerprint density at radius 3 is 2.56 bits per heavy atom. The van der Waals surface area contributed by atoms with Gasteiger partial charge in [-0.05, 0) is 19.3 Å². The average Bonchev–Trinajstić information content (AvgIpc) is 3.13. The van der Waals surface area contributed by atoms with Crippen molar-refractivity contribution in [1.82, 2.24) is 30.5 Å². The summed E-state index contributed by atoms with van der Waals surface area (Å²) in [6.45, 7) is 9.00. The molecule has 0 aromatic carbocycles. The maximum absolute atomic E-state index is 12.2. The first-order valence-electron chi connectivity index (χ1n) is 8.94. The molecule has 0 aliphatic rings. The fraction of sp³-hybridized carbons (Fsp3) is 0.706. The minimum atomic E-state index is -0.187. The number of carbonyl (C=O) groups excluding carboxylic acids is 1. The molecular formula is C17H28N6O2. The number of nitrogens with zero attached hydrogens (tertiary/aromatic N) is 5. The van der Waals surface area contributed by atoms with Gasteiger partial charge in [0.15, 0.2) is 5.69 Å². The zero-order valence-corrected chi connectivity index (χ0v) is 15.6. The molecule has 0 saturated heterocycles. The number of hydrogen-bond donors (Lipinski definition) is 1. The molecule has 1 amide bonds. The SMILES string of the molecule is Cc1nnc(Cn2nnc(C(=O)NCCCCCCC(C)C)c2C)o1. The molecule has 2 heterocycles. The van der Waals surface area contributed by atoms with Crippen LogP contribution in [-0.4, -0.2) is 37.6 Å². The quantitative estimate of drug-likeness (QED) is 0.663. The summed E-state index contributed by atoms with van der Waals surface area (Å²) in [5.74, 6) is 1.52. The highest BCUT2D eigenvalue weighted by Gasteiger charge is 2.17. The van der Waals surface area contributed by atoms with Gasteiger partial charge >= 0.3 is 0 Å². The fourth-order valence-corrected chi connectivity index (χ4v) is 2.57. The van der Waals surface area contributed by atoms with Crippen LogP contribution in [0.2, 0.25) is 0 Å². The maximum atomic E-state index is 12.2. The van der Waals surface area contributed by atoms with E-state index in [4.69, 9.17) is 4.42 Å². The van der Waals surface area contributed by atoms with Gasteiger partial charge in [-0.15, -0.1) is 15.3 Å². The maximum Gasteiger partial charge on any atom is 0.273 e. The number of hydrogen-bond acceptors (Lipinski definition) is 6. The third-order valence-corrected chi connectivity index (χ3v) is 4.04. The molecule has 0 spiro atoms. The van der Waals surface area contributed by atoms with E-state index in [-0.39, 0.29) is 5.91 Å². The molecule has 0 atom stereocenters. The molecule has 0 saturated carbocycles. The second-order valence-corrected chi connectivity index (χ2v) is 6.75. The smallest absolute Gasteiger partial charge is 0.273 e. The van der Waals surface area contributed by atoms with Crippen LogP contribution in [0.15, 0.2) is 4.42 Å². The normalized spacial score (nSPS) is 11.2. The standard InChI is InChI=1S/C17H28N6O2/c1-12(2)9-7-5-6-8-10-18-17(24)16-13(3)23(22-21-16)11-15-20-19-14(4)25-15/h12H,5-11H2,1-4H3,(H,18,24). The van der Waals surface area contributed by atoms with Crippen LogP contribution < -0.4 is 5.32 Å². The highest BCUT2D eigenvalue weighted by Crippen LogP contribution is 2.10. The zero-order chi connectivity index (χ0) is 18.2. The van der Waals surface area contributed by atoms with Gasteiger partial charge in [0.25, 0.3) is 5.91 Å². The molecule has 0 fully saturated rings. The summed E-state index contributed by atoms with van der Waals surface area (Å²) in [6.07, 6.45) is 5.86. The van der Waals surface area contributed by atoms with Gasteiger partial charge in [-0.1, -0.05) is 44.7 Å². The Morgan fingerprint density at radius 1 is 1.12 bits per heavy atom. The Bertz CT molecular complexity index is 676. The van der Waals surface area contributed by atoms with Gasteiger partial charge in [0.05, 0.1) is 5.69 Å². The first kappa shape index (κ1) is 19.1. The number of rotatable bonds is 10. The first-order chi connectivity index (χ1) is 12.0. The highest BCUT2D eigenvalue weighted by molar-refractivity contribution is 5.93. The third-order valence-electron chi connectivity index (χ3n) is 4.04. The van der Waals surface area contributed by atoms with Crippen molar-refractivity contribution >= 4 is 5.91 Å². The van der Waals surface area contributed by atoms with Gasteiger partial charge in [0.1, 0.15) is 6.54 Å². The van der Waals surface area contributed by atoms with Crippen molar-refractivity contribution in [1.29, 1.82) is 0 Å². The average molecular weight is 348 g/mol. The molecule has 8 nitrogen and oxygen atoms in total. The molecule has 2 aromatic heterocycles. The highest BCUT2D eigenvalue weighted by atomic mass is 16.4. The van der Waals surface area contributed by atoms with E-state index < -0.39 is 0 Å². The van der Waals surface area contributed by atoms with E-state index in [1.54, 1.807) is 11.6 Å². The van der Waals surface area contributed by atoms with Crippen LogP contribution in [-0.2, 0) is 6.54 Å². The number of aryl methyl sites for hydroxylation is 1. The molecule has 0 aliphatic carbocycles. The lowest BCUT2D eigenvalue weighted by atomic mass is 10.0. The largest absolute Gasteiger partial charge is 0.424 e. The van der Waals surface area contributed by atoms with Crippen molar-refractivity contribution in [2.24, 2.45) is 5.92 Å². The van der Waals surface area contributed by atoms with E-state index >= 15 is 0 Å². The molecular weight excluding hydrogens is 320 g/mol. The monoisotopic (exact) mass is 348 g/mol. The van der Waals surface area contributed by atoms with E-state index in [0.717, 1.165) is 18.8 Å². The van der Waals surface area contributed by atoms with Gasteiger partial charge in [0, 0.05) is 13.5 Å². The first-order valence-corrected chi connectivity index (χ1v) is 8.94. The summed E-state index contributed by atoms with van der Waals surface area (Å²) in [6, 6.07) is 0. The van der Waals surface area contributed by atoms with Crippen LogP contribution >= 0.6 is 0 Å².